The van der Waals surface area contributed by atoms with E-state index in [2.05, 4.69) is 0 Å². The summed E-state index contributed by atoms with van der Waals surface area (Å²) in [5, 5.41) is 0. The predicted molar refractivity (Wildman–Crippen MR) is 181 cm³/mol. The lowest BCUT2D eigenvalue weighted by atomic mass is 9.77. The van der Waals surface area contributed by atoms with Gasteiger partial charge in [0.2, 0.25) is 11.8 Å². The largest absolute Gasteiger partial charge is 0.497 e. The molecule has 3 heterocycles. The molecule has 2 saturated carbocycles. The molecule has 3 aromatic rings. The van der Waals surface area contributed by atoms with E-state index >= 15 is 0 Å². The fraction of sp³-hybridized carbons (Fsp3) is 0.564. The highest BCUT2D eigenvalue weighted by atomic mass is 16.5. The number of fused-ring (bicyclic) bond motifs is 7. The number of carbonyl (C=O) groups excluding carboxylic acids is 3. The summed E-state index contributed by atoms with van der Waals surface area (Å²) in [6.45, 7) is 6.10. The number of nitrogens with zero attached hydrogens (tertiary/aromatic N) is 3. The highest BCUT2D eigenvalue weighted by Gasteiger charge is 2.55. The third-order valence-corrected chi connectivity index (χ3v) is 11.3. The minimum atomic E-state index is -0.781. The van der Waals surface area contributed by atoms with Crippen LogP contribution >= 0.6 is 0 Å². The van der Waals surface area contributed by atoms with E-state index in [0.29, 0.717) is 41.3 Å². The van der Waals surface area contributed by atoms with Gasteiger partial charge in [0.05, 0.1) is 49.0 Å². The summed E-state index contributed by atoms with van der Waals surface area (Å²) in [7, 11) is 1.62. The molecule has 7 rings (SSSR count). The number of esters is 1. The zero-order valence-corrected chi connectivity index (χ0v) is 28.5. The van der Waals surface area contributed by atoms with E-state index in [9.17, 15) is 14.4 Å². The SMILES string of the molecule is COc1ccc2nc3c(nc2c1)O[C@H]1CN(C(=O)[C@H](C(C)(C)C)CC(=O)O[C@@H]2CC4CC4[C@H]2CCCCC3)[C@H](C=O)[C@@H]1c1ccccc1. The number of ether oxygens (including phenoxy) is 3. The van der Waals surface area contributed by atoms with Crippen LogP contribution in [-0.4, -0.2) is 64.9 Å². The molecule has 2 unspecified atom stereocenters. The molecule has 2 aromatic carbocycles. The van der Waals surface area contributed by atoms with Crippen LogP contribution in [0.15, 0.2) is 48.5 Å². The molecule has 0 spiro atoms. The lowest BCUT2D eigenvalue weighted by Crippen LogP contribution is -2.46. The average Bonchev–Trinajstić information content (AvgIpc) is 3.61. The Bertz CT molecular complexity index is 1670. The Balaban J connectivity index is 1.29. The highest BCUT2D eigenvalue weighted by molar-refractivity contribution is 5.87. The zero-order valence-electron chi connectivity index (χ0n) is 28.5. The van der Waals surface area contributed by atoms with Gasteiger partial charge in [-0.05, 0) is 73.0 Å². The summed E-state index contributed by atoms with van der Waals surface area (Å²) in [5.74, 6) is 1.11. The van der Waals surface area contributed by atoms with Gasteiger partial charge in [-0.15, -0.1) is 0 Å². The molecule has 8 atom stereocenters. The Kier molecular flexibility index (Phi) is 8.90. The lowest BCUT2D eigenvalue weighted by Gasteiger charge is -2.34. The zero-order chi connectivity index (χ0) is 33.6. The van der Waals surface area contributed by atoms with Crippen LogP contribution in [0.1, 0.15) is 82.9 Å². The second-order valence-electron chi connectivity index (χ2n) is 15.3. The summed E-state index contributed by atoms with van der Waals surface area (Å²) in [5.41, 5.74) is 2.55. The van der Waals surface area contributed by atoms with Crippen molar-refractivity contribution in [2.75, 3.05) is 13.7 Å². The molecule has 3 fully saturated rings. The first-order valence-corrected chi connectivity index (χ1v) is 17.7. The van der Waals surface area contributed by atoms with Crippen LogP contribution in [0, 0.1) is 29.1 Å². The monoisotopic (exact) mass is 653 g/mol. The van der Waals surface area contributed by atoms with Crippen molar-refractivity contribution < 1.29 is 28.6 Å². The van der Waals surface area contributed by atoms with Crippen LogP contribution in [0.2, 0.25) is 0 Å². The minimum Gasteiger partial charge on any atom is -0.497 e. The number of aldehydes is 1. The molecule has 1 amide bonds. The van der Waals surface area contributed by atoms with Gasteiger partial charge < -0.3 is 23.9 Å². The summed E-state index contributed by atoms with van der Waals surface area (Å²) < 4.78 is 18.5. The maximum absolute atomic E-state index is 14.6. The van der Waals surface area contributed by atoms with E-state index in [4.69, 9.17) is 24.2 Å². The van der Waals surface area contributed by atoms with Gasteiger partial charge in [-0.25, -0.2) is 9.97 Å². The average molecular weight is 654 g/mol. The number of carbonyl (C=O) groups is 3. The van der Waals surface area contributed by atoms with Gasteiger partial charge in [0.1, 0.15) is 29.9 Å². The van der Waals surface area contributed by atoms with Gasteiger partial charge in [0.15, 0.2) is 0 Å². The lowest BCUT2D eigenvalue weighted by molar-refractivity contribution is -0.158. The number of benzene rings is 2. The Morgan fingerprint density at radius 2 is 1.73 bits per heavy atom. The number of aromatic nitrogens is 2. The van der Waals surface area contributed by atoms with Gasteiger partial charge in [-0.2, -0.15) is 0 Å². The fourth-order valence-corrected chi connectivity index (χ4v) is 8.57. The molecule has 9 heteroatoms. The molecular formula is C39H47N3O6. The quantitative estimate of drug-likeness (QED) is 0.239. The first-order valence-electron chi connectivity index (χ1n) is 17.7. The standard InChI is InChI=1S/C39H47N3O6/c1-39(2,3)28-20-35(44)47-33-18-24-17-27(24)26(33)13-9-6-10-14-30-37(41-31-19-25(46-4)15-16-29(31)40-30)48-34-21-42(38(28)45)32(22-43)36(34)23-11-7-5-8-12-23/h5,7-8,11-12,15-16,19,22,24,26-28,32-34,36H,6,9-10,13-14,17-18,20-21H2,1-4H3/t24?,26-,27?,28-,32-,33-,34+,36+/m1/s1. The Hall–Kier alpha value is -4.01. The van der Waals surface area contributed by atoms with Crippen molar-refractivity contribution in [2.45, 2.75) is 96.3 Å². The van der Waals surface area contributed by atoms with E-state index in [1.54, 1.807) is 12.0 Å². The van der Waals surface area contributed by atoms with Crippen molar-refractivity contribution in [3.8, 4) is 11.6 Å². The van der Waals surface area contributed by atoms with Crippen LogP contribution in [0.5, 0.6) is 11.6 Å². The molecule has 48 heavy (non-hydrogen) atoms. The summed E-state index contributed by atoms with van der Waals surface area (Å²) in [6, 6.07) is 14.6. The summed E-state index contributed by atoms with van der Waals surface area (Å²) in [4.78, 5) is 52.8. The van der Waals surface area contributed by atoms with E-state index in [1.165, 1.54) is 6.42 Å². The van der Waals surface area contributed by atoms with Crippen molar-refractivity contribution >= 4 is 29.2 Å². The molecule has 4 aliphatic rings. The highest BCUT2D eigenvalue weighted by Crippen LogP contribution is 2.58. The molecule has 254 valence electrons. The van der Waals surface area contributed by atoms with Crippen molar-refractivity contribution in [1.82, 2.24) is 14.9 Å². The first-order chi connectivity index (χ1) is 23.1. The first kappa shape index (κ1) is 32.5. The van der Waals surface area contributed by atoms with Crippen LogP contribution in [0.25, 0.3) is 11.0 Å². The number of rotatable bonds is 3. The number of hydrogen-bond acceptors (Lipinski definition) is 8. The van der Waals surface area contributed by atoms with Gasteiger partial charge in [0, 0.05) is 6.07 Å². The molecule has 9 nitrogen and oxygen atoms in total. The van der Waals surface area contributed by atoms with Crippen molar-refractivity contribution in [3.05, 3.63) is 59.8 Å². The second kappa shape index (κ2) is 13.1. The van der Waals surface area contributed by atoms with E-state index < -0.39 is 29.4 Å². The van der Waals surface area contributed by atoms with Crippen LogP contribution in [-0.2, 0) is 25.5 Å². The molecule has 2 aliphatic carbocycles. The summed E-state index contributed by atoms with van der Waals surface area (Å²) in [6.07, 6.45) is 7.04. The third kappa shape index (κ3) is 6.40. The number of hydrogen-bond donors (Lipinski definition) is 0. The van der Waals surface area contributed by atoms with Gasteiger partial charge in [-0.1, -0.05) is 63.9 Å². The van der Waals surface area contributed by atoms with Gasteiger partial charge in [0.25, 0.3) is 0 Å². The molecule has 2 aliphatic heterocycles. The topological polar surface area (TPSA) is 108 Å². The van der Waals surface area contributed by atoms with E-state index in [-0.39, 0.29) is 30.9 Å². The Labute approximate surface area is 282 Å². The van der Waals surface area contributed by atoms with Crippen molar-refractivity contribution in [1.29, 1.82) is 0 Å². The molecular weight excluding hydrogens is 606 g/mol. The van der Waals surface area contributed by atoms with Crippen LogP contribution in [0.4, 0.5) is 0 Å². The second-order valence-corrected chi connectivity index (χ2v) is 15.3. The maximum Gasteiger partial charge on any atom is 0.306 e. The Morgan fingerprint density at radius 1 is 0.917 bits per heavy atom. The maximum atomic E-state index is 14.6. The van der Waals surface area contributed by atoms with Crippen LogP contribution < -0.4 is 9.47 Å². The number of aryl methyl sites for hydroxylation is 1. The van der Waals surface area contributed by atoms with Gasteiger partial charge >= 0.3 is 5.97 Å². The normalized spacial score (nSPS) is 31.0. The smallest absolute Gasteiger partial charge is 0.306 e. The minimum absolute atomic E-state index is 0.0212. The molecule has 0 radical (unpaired) electrons. The molecule has 1 aromatic heterocycles. The van der Waals surface area contributed by atoms with E-state index in [1.807, 2.05) is 69.3 Å². The summed E-state index contributed by atoms with van der Waals surface area (Å²) >= 11 is 0. The molecule has 2 bridgehead atoms. The van der Waals surface area contributed by atoms with Crippen molar-refractivity contribution in [3.63, 3.8) is 0 Å². The van der Waals surface area contributed by atoms with Crippen molar-refractivity contribution in [2.24, 2.45) is 29.1 Å². The molecule has 1 saturated heterocycles. The van der Waals surface area contributed by atoms with Gasteiger partial charge in [-0.3, -0.25) is 9.59 Å². The molecule has 0 N–H and O–H groups in total. The number of amides is 1. The van der Waals surface area contributed by atoms with E-state index in [0.717, 1.165) is 55.2 Å². The fourth-order valence-electron chi connectivity index (χ4n) is 8.57. The third-order valence-electron chi connectivity index (χ3n) is 11.3. The number of methoxy groups -OCH3 is 1. The predicted octanol–water partition coefficient (Wildman–Crippen LogP) is 6.32. The Morgan fingerprint density at radius 3 is 2.48 bits per heavy atom. The van der Waals surface area contributed by atoms with Crippen LogP contribution in [0.3, 0.4) is 0 Å².